The van der Waals surface area contributed by atoms with Crippen LogP contribution in [0, 0.1) is 5.82 Å². The van der Waals surface area contributed by atoms with E-state index in [2.05, 4.69) is 0 Å². The van der Waals surface area contributed by atoms with Gasteiger partial charge in [-0.3, -0.25) is 4.79 Å². The molecule has 1 rings (SSSR count). The minimum atomic E-state index is -0.416. The molecular weight excluding hydrogens is 179 g/mol. The first-order valence-electron chi connectivity index (χ1n) is 4.89. The van der Waals surface area contributed by atoms with Gasteiger partial charge >= 0.3 is 0 Å². The largest absolute Gasteiger partial charge is 0.294 e. The molecule has 0 heterocycles. The van der Waals surface area contributed by atoms with Crippen molar-refractivity contribution in [3.05, 3.63) is 35.1 Å². The van der Waals surface area contributed by atoms with Gasteiger partial charge in [-0.1, -0.05) is 26.8 Å². The quantitative estimate of drug-likeness (QED) is 0.672. The highest BCUT2D eigenvalue weighted by molar-refractivity contribution is 5.96. The molecule has 0 amide bonds. The van der Waals surface area contributed by atoms with E-state index in [1.807, 2.05) is 13.8 Å². The standard InChI is InChI=1S/C12H15FO/c1-4-12(14)10-7-9(8(2)3)5-6-11(10)13/h5-8H,4H2,1-3H3. The number of carbonyl (C=O) groups is 1. The van der Waals surface area contributed by atoms with Crippen molar-refractivity contribution in [3.63, 3.8) is 0 Å². The maximum atomic E-state index is 13.2. The lowest BCUT2D eigenvalue weighted by atomic mass is 9.98. The highest BCUT2D eigenvalue weighted by Crippen LogP contribution is 2.19. The predicted molar refractivity (Wildman–Crippen MR) is 55.1 cm³/mol. The van der Waals surface area contributed by atoms with Gasteiger partial charge in [-0.25, -0.2) is 4.39 Å². The molecule has 0 saturated heterocycles. The summed E-state index contributed by atoms with van der Waals surface area (Å²) in [7, 11) is 0. The van der Waals surface area contributed by atoms with Crippen LogP contribution in [-0.2, 0) is 0 Å². The molecule has 0 bridgehead atoms. The highest BCUT2D eigenvalue weighted by Gasteiger charge is 2.11. The van der Waals surface area contributed by atoms with E-state index in [4.69, 9.17) is 0 Å². The van der Waals surface area contributed by atoms with Gasteiger partial charge in [-0.2, -0.15) is 0 Å². The Kier molecular flexibility index (Phi) is 3.39. The smallest absolute Gasteiger partial charge is 0.165 e. The van der Waals surface area contributed by atoms with E-state index >= 15 is 0 Å². The van der Waals surface area contributed by atoms with E-state index in [9.17, 15) is 9.18 Å². The molecule has 0 aliphatic carbocycles. The van der Waals surface area contributed by atoms with Gasteiger partial charge in [0.05, 0.1) is 5.56 Å². The molecule has 0 aliphatic heterocycles. The van der Waals surface area contributed by atoms with Crippen molar-refractivity contribution in [1.82, 2.24) is 0 Å². The molecule has 1 nitrogen and oxygen atoms in total. The first-order valence-corrected chi connectivity index (χ1v) is 4.89. The molecule has 2 heteroatoms. The van der Waals surface area contributed by atoms with E-state index in [1.54, 1.807) is 19.1 Å². The zero-order valence-electron chi connectivity index (χ0n) is 8.80. The maximum absolute atomic E-state index is 13.2. The zero-order valence-corrected chi connectivity index (χ0v) is 8.80. The molecule has 0 atom stereocenters. The molecular formula is C12H15FO. The summed E-state index contributed by atoms with van der Waals surface area (Å²) in [4.78, 5) is 11.4. The lowest BCUT2D eigenvalue weighted by Crippen LogP contribution is -2.02. The fourth-order valence-electron chi connectivity index (χ4n) is 1.31. The summed E-state index contributed by atoms with van der Waals surface area (Å²) < 4.78 is 13.2. The number of Topliss-reactive ketones (excluding diaryl/α,β-unsaturated/α-hetero) is 1. The first-order chi connectivity index (χ1) is 6.56. The van der Waals surface area contributed by atoms with Crippen molar-refractivity contribution in [2.24, 2.45) is 0 Å². The van der Waals surface area contributed by atoms with E-state index in [0.717, 1.165) is 5.56 Å². The Bertz CT molecular complexity index is 342. The van der Waals surface area contributed by atoms with Gasteiger partial charge in [0, 0.05) is 6.42 Å². The average Bonchev–Trinajstić information content (AvgIpc) is 2.17. The predicted octanol–water partition coefficient (Wildman–Crippen LogP) is 3.54. The summed E-state index contributed by atoms with van der Waals surface area (Å²) in [5, 5.41) is 0. The zero-order chi connectivity index (χ0) is 10.7. The molecule has 14 heavy (non-hydrogen) atoms. The number of hydrogen-bond acceptors (Lipinski definition) is 1. The normalized spacial score (nSPS) is 10.6. The Morgan fingerprint density at radius 1 is 1.43 bits per heavy atom. The highest BCUT2D eigenvalue weighted by atomic mass is 19.1. The fourth-order valence-corrected chi connectivity index (χ4v) is 1.31. The monoisotopic (exact) mass is 194 g/mol. The SMILES string of the molecule is CCC(=O)c1cc(C(C)C)ccc1F. The average molecular weight is 194 g/mol. The molecule has 0 spiro atoms. The van der Waals surface area contributed by atoms with E-state index < -0.39 is 5.82 Å². The maximum Gasteiger partial charge on any atom is 0.165 e. The summed E-state index contributed by atoms with van der Waals surface area (Å²) in [6.07, 6.45) is 0.346. The van der Waals surface area contributed by atoms with Gasteiger partial charge < -0.3 is 0 Å². The van der Waals surface area contributed by atoms with Crippen molar-refractivity contribution < 1.29 is 9.18 Å². The van der Waals surface area contributed by atoms with Crippen LogP contribution in [0.4, 0.5) is 4.39 Å². The lowest BCUT2D eigenvalue weighted by Gasteiger charge is -2.07. The van der Waals surface area contributed by atoms with E-state index in [-0.39, 0.29) is 11.3 Å². The van der Waals surface area contributed by atoms with Crippen molar-refractivity contribution in [2.75, 3.05) is 0 Å². The molecule has 0 saturated carbocycles. The van der Waals surface area contributed by atoms with Crippen LogP contribution in [-0.4, -0.2) is 5.78 Å². The van der Waals surface area contributed by atoms with Crippen molar-refractivity contribution >= 4 is 5.78 Å². The molecule has 0 aromatic heterocycles. The third kappa shape index (κ3) is 2.19. The van der Waals surface area contributed by atoms with Crippen LogP contribution in [0.25, 0.3) is 0 Å². The summed E-state index contributed by atoms with van der Waals surface area (Å²) in [5.41, 5.74) is 1.22. The first kappa shape index (κ1) is 10.9. The molecule has 0 radical (unpaired) electrons. The van der Waals surface area contributed by atoms with Gasteiger partial charge in [0.15, 0.2) is 5.78 Å². The summed E-state index contributed by atoms with van der Waals surface area (Å²) in [5.74, 6) is -0.231. The van der Waals surface area contributed by atoms with Crippen LogP contribution in [0.1, 0.15) is 49.0 Å². The lowest BCUT2D eigenvalue weighted by molar-refractivity contribution is 0.0984. The van der Waals surface area contributed by atoms with Gasteiger partial charge in [0.25, 0.3) is 0 Å². The fraction of sp³-hybridized carbons (Fsp3) is 0.417. The number of halogens is 1. The van der Waals surface area contributed by atoms with Crippen molar-refractivity contribution in [1.29, 1.82) is 0 Å². The van der Waals surface area contributed by atoms with Gasteiger partial charge in [-0.05, 0) is 23.6 Å². The molecule has 0 N–H and O–H groups in total. The molecule has 1 aromatic rings. The van der Waals surface area contributed by atoms with Gasteiger partial charge in [0.2, 0.25) is 0 Å². The number of hydrogen-bond donors (Lipinski definition) is 0. The Morgan fingerprint density at radius 2 is 2.07 bits per heavy atom. The summed E-state index contributed by atoms with van der Waals surface area (Å²) in [6, 6.07) is 4.76. The molecule has 76 valence electrons. The molecule has 0 unspecified atom stereocenters. The number of benzene rings is 1. The van der Waals surface area contributed by atoms with Gasteiger partial charge in [-0.15, -0.1) is 0 Å². The minimum Gasteiger partial charge on any atom is -0.294 e. The molecule has 0 fully saturated rings. The number of carbonyl (C=O) groups excluding carboxylic acids is 1. The molecule has 0 aliphatic rings. The molecule has 1 aromatic carbocycles. The van der Waals surface area contributed by atoms with Crippen LogP contribution < -0.4 is 0 Å². The Morgan fingerprint density at radius 3 is 2.57 bits per heavy atom. The Hall–Kier alpha value is -1.18. The van der Waals surface area contributed by atoms with Crippen LogP contribution in [0.3, 0.4) is 0 Å². The Labute approximate surface area is 83.9 Å². The van der Waals surface area contributed by atoms with Crippen LogP contribution in [0.15, 0.2) is 18.2 Å². The summed E-state index contributed by atoms with van der Waals surface area (Å²) >= 11 is 0. The van der Waals surface area contributed by atoms with E-state index in [1.165, 1.54) is 6.07 Å². The topological polar surface area (TPSA) is 17.1 Å². The second-order valence-corrected chi connectivity index (χ2v) is 3.67. The van der Waals surface area contributed by atoms with Crippen LogP contribution >= 0.6 is 0 Å². The van der Waals surface area contributed by atoms with Crippen molar-refractivity contribution in [2.45, 2.75) is 33.1 Å². The summed E-state index contributed by atoms with van der Waals surface area (Å²) in [6.45, 7) is 5.78. The minimum absolute atomic E-state index is 0.134. The van der Waals surface area contributed by atoms with Crippen LogP contribution in [0.2, 0.25) is 0 Å². The van der Waals surface area contributed by atoms with Crippen molar-refractivity contribution in [3.8, 4) is 0 Å². The van der Waals surface area contributed by atoms with Crippen LogP contribution in [0.5, 0.6) is 0 Å². The Balaban J connectivity index is 3.15. The number of ketones is 1. The second-order valence-electron chi connectivity index (χ2n) is 3.67. The van der Waals surface area contributed by atoms with E-state index in [0.29, 0.717) is 12.3 Å². The second kappa shape index (κ2) is 4.36. The number of rotatable bonds is 3. The third-order valence-corrected chi connectivity index (χ3v) is 2.28. The third-order valence-electron chi connectivity index (χ3n) is 2.28. The van der Waals surface area contributed by atoms with Gasteiger partial charge in [0.1, 0.15) is 5.82 Å².